The van der Waals surface area contributed by atoms with Gasteiger partial charge < -0.3 is 10.1 Å². The molecule has 1 atom stereocenters. The average molecular weight is 493 g/mol. The SMILES string of the molecule is CCC(F)(F)c1cccc(NC(=O)C2C(=O)N(c3ccc(OC)c(-c4ccc(C)cn4)c3)N=C2C)c1. The summed E-state index contributed by atoms with van der Waals surface area (Å²) in [6.07, 6.45) is 1.37. The number of hydrogen-bond acceptors (Lipinski definition) is 5. The first-order valence-corrected chi connectivity index (χ1v) is 11.4. The van der Waals surface area contributed by atoms with Gasteiger partial charge in [-0.05, 0) is 55.8 Å². The Morgan fingerprint density at radius 1 is 1.14 bits per heavy atom. The van der Waals surface area contributed by atoms with Crippen LogP contribution in [0.4, 0.5) is 20.2 Å². The number of halogens is 2. The third-order valence-electron chi connectivity index (χ3n) is 6.00. The zero-order valence-electron chi connectivity index (χ0n) is 20.4. The predicted molar refractivity (Wildman–Crippen MR) is 134 cm³/mol. The van der Waals surface area contributed by atoms with Crippen molar-refractivity contribution in [3.05, 3.63) is 71.9 Å². The van der Waals surface area contributed by atoms with Crippen LogP contribution in [0.2, 0.25) is 0 Å². The molecule has 0 radical (unpaired) electrons. The van der Waals surface area contributed by atoms with E-state index >= 15 is 0 Å². The number of carbonyl (C=O) groups excluding carboxylic acids is 2. The predicted octanol–water partition coefficient (Wildman–Crippen LogP) is 5.54. The second kappa shape index (κ2) is 9.85. The number of anilines is 2. The quantitative estimate of drug-likeness (QED) is 0.439. The number of aromatic nitrogens is 1. The summed E-state index contributed by atoms with van der Waals surface area (Å²) in [5, 5.41) is 8.07. The van der Waals surface area contributed by atoms with Gasteiger partial charge in [0.25, 0.3) is 11.8 Å². The molecule has 2 aromatic carbocycles. The third-order valence-corrected chi connectivity index (χ3v) is 6.00. The van der Waals surface area contributed by atoms with Crippen LogP contribution < -0.4 is 15.1 Å². The van der Waals surface area contributed by atoms with Gasteiger partial charge >= 0.3 is 0 Å². The van der Waals surface area contributed by atoms with Crippen molar-refractivity contribution in [2.75, 3.05) is 17.4 Å². The molecule has 7 nitrogen and oxygen atoms in total. The first kappa shape index (κ1) is 25.0. The largest absolute Gasteiger partial charge is 0.496 e. The molecule has 0 saturated carbocycles. The fourth-order valence-corrected chi connectivity index (χ4v) is 3.95. The van der Waals surface area contributed by atoms with Gasteiger partial charge in [0.1, 0.15) is 5.75 Å². The normalized spacial score (nSPS) is 15.6. The van der Waals surface area contributed by atoms with Gasteiger partial charge in [0.05, 0.1) is 24.2 Å². The Balaban J connectivity index is 1.58. The lowest BCUT2D eigenvalue weighted by atomic mass is 10.0. The van der Waals surface area contributed by atoms with E-state index < -0.39 is 23.7 Å². The number of amides is 2. The number of aryl methyl sites for hydroxylation is 1. The van der Waals surface area contributed by atoms with Crippen molar-refractivity contribution in [3.63, 3.8) is 0 Å². The summed E-state index contributed by atoms with van der Waals surface area (Å²) in [6, 6.07) is 14.3. The zero-order chi connectivity index (χ0) is 26.0. The van der Waals surface area contributed by atoms with Gasteiger partial charge in [0.2, 0.25) is 5.91 Å². The van der Waals surface area contributed by atoms with Gasteiger partial charge in [-0.25, -0.2) is 8.78 Å². The van der Waals surface area contributed by atoms with Gasteiger partial charge in [-0.1, -0.05) is 25.1 Å². The van der Waals surface area contributed by atoms with Crippen LogP contribution >= 0.6 is 0 Å². The summed E-state index contributed by atoms with van der Waals surface area (Å²) in [5.74, 6) is -4.83. The van der Waals surface area contributed by atoms with Gasteiger partial charge in [-0.2, -0.15) is 10.1 Å². The zero-order valence-corrected chi connectivity index (χ0v) is 20.4. The Morgan fingerprint density at radius 2 is 1.92 bits per heavy atom. The number of ether oxygens (including phenoxy) is 1. The van der Waals surface area contributed by atoms with Crippen LogP contribution in [0, 0.1) is 12.8 Å². The van der Waals surface area contributed by atoms with Crippen molar-refractivity contribution in [2.24, 2.45) is 11.0 Å². The molecule has 36 heavy (non-hydrogen) atoms. The van der Waals surface area contributed by atoms with E-state index in [9.17, 15) is 18.4 Å². The Bertz CT molecular complexity index is 1340. The van der Waals surface area contributed by atoms with E-state index in [0.29, 0.717) is 28.4 Å². The number of methoxy groups -OCH3 is 1. The fourth-order valence-electron chi connectivity index (χ4n) is 3.95. The highest BCUT2D eigenvalue weighted by Gasteiger charge is 2.40. The van der Waals surface area contributed by atoms with Crippen LogP contribution in [0.5, 0.6) is 5.75 Å². The second-order valence-electron chi connectivity index (χ2n) is 8.56. The topological polar surface area (TPSA) is 83.9 Å². The van der Waals surface area contributed by atoms with Gasteiger partial charge in [0, 0.05) is 29.4 Å². The van der Waals surface area contributed by atoms with Crippen LogP contribution in [-0.4, -0.2) is 29.6 Å². The Kier molecular flexibility index (Phi) is 6.83. The van der Waals surface area contributed by atoms with Crippen molar-refractivity contribution in [3.8, 4) is 17.0 Å². The van der Waals surface area contributed by atoms with Gasteiger partial charge in [-0.15, -0.1) is 0 Å². The molecule has 2 amide bonds. The molecular formula is C27H26F2N4O3. The molecule has 1 N–H and O–H groups in total. The van der Waals surface area contributed by atoms with E-state index in [1.807, 2.05) is 19.1 Å². The van der Waals surface area contributed by atoms with Crippen LogP contribution in [0.25, 0.3) is 11.3 Å². The third kappa shape index (κ3) is 4.82. The first-order valence-electron chi connectivity index (χ1n) is 11.4. The molecule has 9 heteroatoms. The molecule has 1 aliphatic heterocycles. The van der Waals surface area contributed by atoms with E-state index in [4.69, 9.17) is 4.74 Å². The smallest absolute Gasteiger partial charge is 0.273 e. The molecule has 186 valence electrons. The van der Waals surface area contributed by atoms with Crippen molar-refractivity contribution in [1.29, 1.82) is 0 Å². The minimum atomic E-state index is -3.02. The maximum absolute atomic E-state index is 14.1. The summed E-state index contributed by atoms with van der Waals surface area (Å²) in [5.41, 5.74) is 3.03. The molecular weight excluding hydrogens is 466 g/mol. The maximum atomic E-state index is 14.1. The molecule has 3 aromatic rings. The van der Waals surface area contributed by atoms with E-state index in [-0.39, 0.29) is 17.7 Å². The number of benzene rings is 2. The number of hydrogen-bond donors (Lipinski definition) is 1. The molecule has 0 saturated heterocycles. The van der Waals surface area contributed by atoms with Crippen LogP contribution in [0.3, 0.4) is 0 Å². The molecule has 0 spiro atoms. The number of hydrazone groups is 1. The monoisotopic (exact) mass is 492 g/mol. The van der Waals surface area contributed by atoms with Crippen molar-refractivity contribution < 1.29 is 23.1 Å². The molecule has 0 aliphatic carbocycles. The molecule has 1 aromatic heterocycles. The summed E-state index contributed by atoms with van der Waals surface area (Å²) >= 11 is 0. The van der Waals surface area contributed by atoms with Crippen molar-refractivity contribution in [2.45, 2.75) is 33.1 Å². The van der Waals surface area contributed by atoms with Crippen molar-refractivity contribution >= 4 is 28.9 Å². The molecule has 4 rings (SSSR count). The lowest BCUT2D eigenvalue weighted by Gasteiger charge is -2.18. The Hall–Kier alpha value is -4.14. The summed E-state index contributed by atoms with van der Waals surface area (Å²) in [4.78, 5) is 30.7. The number of nitrogens with one attached hydrogen (secondary N) is 1. The highest BCUT2D eigenvalue weighted by Crippen LogP contribution is 2.35. The van der Waals surface area contributed by atoms with Crippen LogP contribution in [0.1, 0.15) is 31.4 Å². The number of alkyl halides is 2. The fraction of sp³-hybridized carbons (Fsp3) is 0.259. The van der Waals surface area contributed by atoms with E-state index in [1.165, 1.54) is 36.2 Å². The lowest BCUT2D eigenvalue weighted by Crippen LogP contribution is -2.36. The Morgan fingerprint density at radius 3 is 2.58 bits per heavy atom. The van der Waals surface area contributed by atoms with Crippen LogP contribution in [-0.2, 0) is 15.5 Å². The molecule has 1 unspecified atom stereocenters. The van der Waals surface area contributed by atoms with E-state index in [1.54, 1.807) is 38.4 Å². The van der Waals surface area contributed by atoms with Crippen LogP contribution in [0.15, 0.2) is 65.9 Å². The number of rotatable bonds is 7. The van der Waals surface area contributed by atoms with E-state index in [2.05, 4.69) is 15.4 Å². The number of carbonyl (C=O) groups is 2. The number of nitrogens with zero attached hydrogens (tertiary/aromatic N) is 3. The lowest BCUT2D eigenvalue weighted by molar-refractivity contribution is -0.127. The highest BCUT2D eigenvalue weighted by molar-refractivity contribution is 6.28. The van der Waals surface area contributed by atoms with Gasteiger partial charge in [-0.3, -0.25) is 14.6 Å². The number of pyridine rings is 1. The standard InChI is InChI=1S/C27H26F2N4O3/c1-5-27(28,29)18-7-6-8-19(13-18)31-25(34)24-17(3)32-33(26(24)35)20-10-12-23(36-4)21(14-20)22-11-9-16(2)15-30-22/h6-15,24H,5H2,1-4H3,(H,31,34). The molecule has 2 heterocycles. The first-order chi connectivity index (χ1) is 17.1. The minimum absolute atomic E-state index is 0.182. The second-order valence-corrected chi connectivity index (χ2v) is 8.56. The maximum Gasteiger partial charge on any atom is 0.273 e. The molecule has 0 fully saturated rings. The van der Waals surface area contributed by atoms with E-state index in [0.717, 1.165) is 5.56 Å². The molecule has 1 aliphatic rings. The summed E-state index contributed by atoms with van der Waals surface area (Å²) < 4.78 is 33.6. The van der Waals surface area contributed by atoms with Crippen molar-refractivity contribution in [1.82, 2.24) is 4.98 Å². The minimum Gasteiger partial charge on any atom is -0.496 e. The highest BCUT2D eigenvalue weighted by atomic mass is 19.3. The molecule has 0 bridgehead atoms. The average Bonchev–Trinajstić information content (AvgIpc) is 3.18. The summed E-state index contributed by atoms with van der Waals surface area (Å²) in [6.45, 7) is 4.90. The Labute approximate surface area is 207 Å². The van der Waals surface area contributed by atoms with Gasteiger partial charge in [0.15, 0.2) is 5.92 Å². The summed E-state index contributed by atoms with van der Waals surface area (Å²) in [7, 11) is 1.54.